The summed E-state index contributed by atoms with van der Waals surface area (Å²) in [6.07, 6.45) is 1.76. The van der Waals surface area contributed by atoms with E-state index in [2.05, 4.69) is 15.5 Å². The van der Waals surface area contributed by atoms with Gasteiger partial charge in [-0.2, -0.15) is 0 Å². The van der Waals surface area contributed by atoms with Crippen molar-refractivity contribution >= 4 is 17.5 Å². The van der Waals surface area contributed by atoms with Crippen LogP contribution in [0.5, 0.6) is 11.5 Å². The number of rotatable bonds is 2. The molecule has 178 valence electrons. The minimum absolute atomic E-state index is 0.0222. The molecule has 0 saturated carbocycles. The van der Waals surface area contributed by atoms with Gasteiger partial charge in [-0.3, -0.25) is 9.59 Å². The summed E-state index contributed by atoms with van der Waals surface area (Å²) >= 11 is 0. The Labute approximate surface area is 201 Å². The Bertz CT molecular complexity index is 1380. The molecule has 2 amide bonds. The van der Waals surface area contributed by atoms with E-state index in [1.54, 1.807) is 11.6 Å². The number of carbonyl (C=O) groups is 2. The first-order valence-corrected chi connectivity index (χ1v) is 11.9. The molecule has 35 heavy (non-hydrogen) atoms. The van der Waals surface area contributed by atoms with Gasteiger partial charge >= 0.3 is 0 Å². The van der Waals surface area contributed by atoms with E-state index in [1.807, 2.05) is 46.2 Å². The smallest absolute Gasteiger partial charge is 0.244 e. The van der Waals surface area contributed by atoms with Gasteiger partial charge in [-0.25, -0.2) is 4.68 Å². The number of hydrogen-bond donors (Lipinski definition) is 0. The standard InChI is InChI=1S/C25H24N6O4/c1-15(32)29-8-6-16(7-9-29)12-30-20-5-3-2-4-18(20)25(24(30)33)13-31-23(26-27-28-31)17-10-21-22(11-19(17)25)35-14-34-21/h2-5,10-11,16H,6-9,12-14H2,1H3. The van der Waals surface area contributed by atoms with Gasteiger partial charge in [-0.15, -0.1) is 5.10 Å². The lowest BCUT2D eigenvalue weighted by Gasteiger charge is -2.36. The molecule has 0 N–H and O–H groups in total. The minimum Gasteiger partial charge on any atom is -0.454 e. The molecular weight excluding hydrogens is 448 g/mol. The normalized spacial score (nSPS) is 22.4. The predicted molar refractivity (Wildman–Crippen MR) is 124 cm³/mol. The lowest BCUT2D eigenvalue weighted by atomic mass is 9.71. The number of carbonyl (C=O) groups excluding carboxylic acids is 2. The highest BCUT2D eigenvalue weighted by molar-refractivity contribution is 6.11. The average molecular weight is 473 g/mol. The van der Waals surface area contributed by atoms with E-state index in [0.29, 0.717) is 36.3 Å². The highest BCUT2D eigenvalue weighted by Gasteiger charge is 2.56. The van der Waals surface area contributed by atoms with Gasteiger partial charge in [0.05, 0.1) is 6.54 Å². The largest absolute Gasteiger partial charge is 0.454 e. The molecule has 1 saturated heterocycles. The minimum atomic E-state index is -0.963. The third-order valence-electron chi connectivity index (χ3n) is 7.90. The van der Waals surface area contributed by atoms with Crippen molar-refractivity contribution in [1.29, 1.82) is 0 Å². The van der Waals surface area contributed by atoms with Gasteiger partial charge in [0.1, 0.15) is 5.41 Å². The summed E-state index contributed by atoms with van der Waals surface area (Å²) in [6, 6.07) is 11.8. The van der Waals surface area contributed by atoms with Crippen molar-refractivity contribution < 1.29 is 19.1 Å². The van der Waals surface area contributed by atoms with Crippen molar-refractivity contribution in [2.45, 2.75) is 31.7 Å². The van der Waals surface area contributed by atoms with Crippen LogP contribution in [0.25, 0.3) is 11.4 Å². The van der Waals surface area contributed by atoms with E-state index in [1.165, 1.54) is 0 Å². The molecule has 1 aromatic heterocycles. The first-order chi connectivity index (χ1) is 17.1. The molecule has 2 aromatic carbocycles. The van der Waals surface area contributed by atoms with Gasteiger partial charge in [0.2, 0.25) is 18.6 Å². The number of likely N-dealkylation sites (tertiary alicyclic amines) is 1. The number of hydrogen-bond acceptors (Lipinski definition) is 7. The van der Waals surface area contributed by atoms with Gasteiger partial charge < -0.3 is 19.3 Å². The van der Waals surface area contributed by atoms with Crippen molar-refractivity contribution in [3.8, 4) is 22.9 Å². The maximum absolute atomic E-state index is 14.5. The fraction of sp³-hybridized carbons (Fsp3) is 0.400. The number of ether oxygens (including phenoxy) is 2. The Morgan fingerprint density at radius 1 is 1.11 bits per heavy atom. The fourth-order valence-corrected chi connectivity index (χ4v) is 6.10. The molecular formula is C25H24N6O4. The van der Waals surface area contributed by atoms with Crippen LogP contribution in [0.1, 0.15) is 30.9 Å². The lowest BCUT2D eigenvalue weighted by Crippen LogP contribution is -2.48. The molecule has 10 heteroatoms. The number of anilines is 1. The van der Waals surface area contributed by atoms with Crippen LogP contribution in [-0.2, 0) is 21.5 Å². The third kappa shape index (κ3) is 2.79. The maximum Gasteiger partial charge on any atom is 0.244 e. The van der Waals surface area contributed by atoms with Crippen molar-refractivity contribution in [3.05, 3.63) is 47.5 Å². The summed E-state index contributed by atoms with van der Waals surface area (Å²) in [5.41, 5.74) is 2.54. The molecule has 5 heterocycles. The summed E-state index contributed by atoms with van der Waals surface area (Å²) in [7, 11) is 0. The average Bonchev–Trinajstić information content (AvgIpc) is 3.58. The van der Waals surface area contributed by atoms with Gasteiger partial charge in [0, 0.05) is 37.8 Å². The number of para-hydroxylation sites is 1. The molecule has 3 aromatic rings. The lowest BCUT2D eigenvalue weighted by molar-refractivity contribution is -0.130. The van der Waals surface area contributed by atoms with Gasteiger partial charge in [-0.1, -0.05) is 18.2 Å². The second-order valence-corrected chi connectivity index (χ2v) is 9.70. The van der Waals surface area contributed by atoms with Crippen molar-refractivity contribution in [2.75, 3.05) is 31.3 Å². The van der Waals surface area contributed by atoms with E-state index in [4.69, 9.17) is 9.47 Å². The number of nitrogens with zero attached hydrogens (tertiary/aromatic N) is 6. The van der Waals surface area contributed by atoms with E-state index >= 15 is 0 Å². The number of amides is 2. The summed E-state index contributed by atoms with van der Waals surface area (Å²) in [5, 5.41) is 12.4. The van der Waals surface area contributed by atoms with Crippen molar-refractivity contribution in [1.82, 2.24) is 25.1 Å². The molecule has 0 radical (unpaired) electrons. The molecule has 0 aliphatic carbocycles. The van der Waals surface area contributed by atoms with Crippen LogP contribution in [0.2, 0.25) is 0 Å². The van der Waals surface area contributed by atoms with Crippen LogP contribution in [0, 0.1) is 5.92 Å². The predicted octanol–water partition coefficient (Wildman–Crippen LogP) is 1.97. The SMILES string of the molecule is CC(=O)N1CCC(CN2C(=O)C3(Cn4nnnc4-c4cc5c(cc43)OCO5)c3ccccc32)CC1. The van der Waals surface area contributed by atoms with Crippen LogP contribution in [-0.4, -0.2) is 63.3 Å². The number of aromatic nitrogens is 4. The molecule has 1 atom stereocenters. The number of benzene rings is 2. The van der Waals surface area contributed by atoms with E-state index < -0.39 is 5.41 Å². The van der Waals surface area contributed by atoms with Crippen LogP contribution in [0.4, 0.5) is 5.69 Å². The van der Waals surface area contributed by atoms with Crippen molar-refractivity contribution in [3.63, 3.8) is 0 Å². The Morgan fingerprint density at radius 2 is 1.89 bits per heavy atom. The second kappa shape index (κ2) is 7.27. The summed E-state index contributed by atoms with van der Waals surface area (Å²) in [6.45, 7) is 4.16. The Kier molecular flexibility index (Phi) is 4.24. The van der Waals surface area contributed by atoms with E-state index in [-0.39, 0.29) is 18.6 Å². The van der Waals surface area contributed by atoms with Gasteiger partial charge in [-0.05, 0) is 58.5 Å². The van der Waals surface area contributed by atoms with E-state index in [9.17, 15) is 9.59 Å². The molecule has 7 rings (SSSR count). The highest BCUT2D eigenvalue weighted by Crippen LogP contribution is 2.54. The summed E-state index contributed by atoms with van der Waals surface area (Å²) < 4.78 is 13.0. The Hall–Kier alpha value is -3.95. The number of piperidine rings is 1. The molecule has 4 aliphatic heterocycles. The topological polar surface area (TPSA) is 103 Å². The Balaban J connectivity index is 1.33. The highest BCUT2D eigenvalue weighted by atomic mass is 16.7. The monoisotopic (exact) mass is 472 g/mol. The maximum atomic E-state index is 14.5. The Morgan fingerprint density at radius 3 is 2.69 bits per heavy atom. The fourth-order valence-electron chi connectivity index (χ4n) is 6.10. The van der Waals surface area contributed by atoms with Crippen LogP contribution in [0.15, 0.2) is 36.4 Å². The van der Waals surface area contributed by atoms with Crippen LogP contribution in [0.3, 0.4) is 0 Å². The number of tetrazole rings is 1. The van der Waals surface area contributed by atoms with Crippen LogP contribution >= 0.6 is 0 Å². The van der Waals surface area contributed by atoms with Crippen LogP contribution < -0.4 is 14.4 Å². The van der Waals surface area contributed by atoms with Gasteiger partial charge in [0.15, 0.2) is 17.3 Å². The molecule has 4 aliphatic rings. The third-order valence-corrected chi connectivity index (χ3v) is 7.90. The molecule has 1 fully saturated rings. The zero-order chi connectivity index (χ0) is 23.7. The van der Waals surface area contributed by atoms with Gasteiger partial charge in [0.25, 0.3) is 0 Å². The summed E-state index contributed by atoms with van der Waals surface area (Å²) in [4.78, 5) is 30.1. The molecule has 0 bridgehead atoms. The molecule has 1 spiro atoms. The zero-order valence-corrected chi connectivity index (χ0v) is 19.3. The first-order valence-electron chi connectivity index (χ1n) is 11.9. The molecule has 10 nitrogen and oxygen atoms in total. The molecule has 1 unspecified atom stereocenters. The zero-order valence-electron chi connectivity index (χ0n) is 19.3. The quantitative estimate of drug-likeness (QED) is 0.562. The summed E-state index contributed by atoms with van der Waals surface area (Å²) in [5.74, 6) is 2.33. The second-order valence-electron chi connectivity index (χ2n) is 9.70. The number of fused-ring (bicyclic) bond motifs is 7. The first kappa shape index (κ1) is 20.4. The van der Waals surface area contributed by atoms with Crippen molar-refractivity contribution in [2.24, 2.45) is 5.92 Å². The van der Waals surface area contributed by atoms with E-state index in [0.717, 1.165) is 48.3 Å².